The smallest absolute Gasteiger partial charge is 0.158 e. The van der Waals surface area contributed by atoms with Crippen LogP contribution < -0.4 is 5.32 Å². The molecule has 0 amide bonds. The van der Waals surface area contributed by atoms with Crippen molar-refractivity contribution in [3.8, 4) is 0 Å². The molecule has 2 aliphatic rings. The van der Waals surface area contributed by atoms with Gasteiger partial charge < -0.3 is 10.2 Å². The van der Waals surface area contributed by atoms with Gasteiger partial charge in [-0.25, -0.2) is 0 Å². The van der Waals surface area contributed by atoms with E-state index in [0.717, 1.165) is 18.7 Å². The lowest BCUT2D eigenvalue weighted by atomic mass is 9.85. The molecule has 1 fully saturated rings. The zero-order chi connectivity index (χ0) is 19.3. The average molecular weight is 375 g/mol. The van der Waals surface area contributed by atoms with Crippen molar-refractivity contribution in [3.63, 3.8) is 0 Å². The molecule has 1 atom stereocenters. The standard InChI is InChI=1S/C25H30N2O/c1-27-13-11-22(12-14-27)21-9-7-19(8-10-21)18-26-24-15-23(16-25(28)17-24)20-5-3-2-4-6-20/h2-10,17,22-23,26H,11-16,18H2,1H3. The number of benzene rings is 2. The molecule has 146 valence electrons. The Balaban J connectivity index is 1.34. The van der Waals surface area contributed by atoms with Crippen molar-refractivity contribution in [3.05, 3.63) is 83.1 Å². The Morgan fingerprint density at radius 3 is 2.29 bits per heavy atom. The highest BCUT2D eigenvalue weighted by atomic mass is 16.1. The van der Waals surface area contributed by atoms with Crippen molar-refractivity contribution >= 4 is 5.78 Å². The molecule has 1 aliphatic carbocycles. The fourth-order valence-corrected chi connectivity index (χ4v) is 4.44. The number of nitrogens with one attached hydrogen (secondary N) is 1. The maximum absolute atomic E-state index is 12.2. The van der Waals surface area contributed by atoms with E-state index in [9.17, 15) is 4.79 Å². The predicted molar refractivity (Wildman–Crippen MR) is 114 cm³/mol. The number of likely N-dealkylation sites (tertiary alicyclic amines) is 1. The summed E-state index contributed by atoms with van der Waals surface area (Å²) in [6, 6.07) is 19.4. The molecule has 1 saturated heterocycles. The molecule has 4 rings (SSSR count). The fourth-order valence-electron chi connectivity index (χ4n) is 4.44. The van der Waals surface area contributed by atoms with Crippen LogP contribution in [0.3, 0.4) is 0 Å². The first-order valence-electron chi connectivity index (χ1n) is 10.5. The highest BCUT2D eigenvalue weighted by Gasteiger charge is 2.22. The predicted octanol–water partition coefficient (Wildman–Crippen LogP) is 4.62. The SMILES string of the molecule is CN1CCC(c2ccc(CNC3=CC(=O)CC(c4ccccc4)C3)cc2)CC1. The van der Waals surface area contributed by atoms with Crippen LogP contribution in [-0.2, 0) is 11.3 Å². The topological polar surface area (TPSA) is 32.3 Å². The number of ketones is 1. The molecular weight excluding hydrogens is 344 g/mol. The van der Waals surface area contributed by atoms with E-state index in [0.29, 0.717) is 12.3 Å². The highest BCUT2D eigenvalue weighted by Crippen LogP contribution is 2.31. The van der Waals surface area contributed by atoms with Crippen LogP contribution in [0, 0.1) is 0 Å². The summed E-state index contributed by atoms with van der Waals surface area (Å²) in [5, 5.41) is 3.51. The largest absolute Gasteiger partial charge is 0.384 e. The van der Waals surface area contributed by atoms with E-state index in [2.05, 4.69) is 65.8 Å². The first-order chi connectivity index (χ1) is 13.7. The summed E-state index contributed by atoms with van der Waals surface area (Å²) in [7, 11) is 2.21. The Hall–Kier alpha value is -2.39. The molecule has 28 heavy (non-hydrogen) atoms. The van der Waals surface area contributed by atoms with Crippen molar-refractivity contribution in [2.75, 3.05) is 20.1 Å². The second kappa shape index (κ2) is 8.74. The number of allylic oxidation sites excluding steroid dienone is 2. The first-order valence-corrected chi connectivity index (χ1v) is 10.5. The average Bonchev–Trinajstić information content (AvgIpc) is 2.73. The van der Waals surface area contributed by atoms with Gasteiger partial charge in [0.2, 0.25) is 0 Å². The zero-order valence-corrected chi connectivity index (χ0v) is 16.7. The van der Waals surface area contributed by atoms with Gasteiger partial charge in [-0.2, -0.15) is 0 Å². The van der Waals surface area contributed by atoms with E-state index in [4.69, 9.17) is 0 Å². The van der Waals surface area contributed by atoms with Crippen LogP contribution in [0.25, 0.3) is 0 Å². The minimum atomic E-state index is 0.222. The number of carbonyl (C=O) groups excluding carboxylic acids is 1. The lowest BCUT2D eigenvalue weighted by molar-refractivity contribution is -0.115. The first kappa shape index (κ1) is 18.9. The highest BCUT2D eigenvalue weighted by molar-refractivity contribution is 5.91. The van der Waals surface area contributed by atoms with Gasteiger partial charge in [0, 0.05) is 24.7 Å². The molecule has 3 heteroatoms. The molecule has 0 radical (unpaired) electrons. The lowest BCUT2D eigenvalue weighted by Crippen LogP contribution is -2.29. The second-order valence-corrected chi connectivity index (χ2v) is 8.32. The quantitative estimate of drug-likeness (QED) is 0.829. The monoisotopic (exact) mass is 374 g/mol. The minimum Gasteiger partial charge on any atom is -0.384 e. The number of nitrogens with zero attached hydrogens (tertiary/aromatic N) is 1. The molecule has 2 aromatic rings. The number of hydrogen-bond acceptors (Lipinski definition) is 3. The third-order valence-electron chi connectivity index (χ3n) is 6.21. The molecule has 1 heterocycles. The van der Waals surface area contributed by atoms with Crippen LogP contribution in [0.2, 0.25) is 0 Å². The Bertz CT molecular complexity index is 817. The second-order valence-electron chi connectivity index (χ2n) is 8.32. The van der Waals surface area contributed by atoms with E-state index < -0.39 is 0 Å². The van der Waals surface area contributed by atoms with Gasteiger partial charge in [-0.3, -0.25) is 4.79 Å². The van der Waals surface area contributed by atoms with E-state index in [1.54, 1.807) is 6.08 Å². The molecule has 3 nitrogen and oxygen atoms in total. The minimum absolute atomic E-state index is 0.222. The number of rotatable bonds is 5. The van der Waals surface area contributed by atoms with Gasteiger partial charge in [-0.1, -0.05) is 54.6 Å². The molecule has 2 aromatic carbocycles. The summed E-state index contributed by atoms with van der Waals surface area (Å²) < 4.78 is 0. The molecule has 1 aliphatic heterocycles. The summed E-state index contributed by atoms with van der Waals surface area (Å²) in [4.78, 5) is 14.6. The van der Waals surface area contributed by atoms with Gasteiger partial charge in [0.05, 0.1) is 0 Å². The van der Waals surface area contributed by atoms with Crippen LogP contribution >= 0.6 is 0 Å². The summed E-state index contributed by atoms with van der Waals surface area (Å²) in [5.41, 5.74) is 5.05. The summed E-state index contributed by atoms with van der Waals surface area (Å²) in [5.74, 6) is 1.21. The molecule has 1 N–H and O–H groups in total. The Kier molecular flexibility index (Phi) is 5.92. The molecule has 0 saturated carbocycles. The molecule has 0 aromatic heterocycles. The maximum atomic E-state index is 12.2. The number of hydrogen-bond donors (Lipinski definition) is 1. The van der Waals surface area contributed by atoms with Crippen molar-refractivity contribution < 1.29 is 4.79 Å². The zero-order valence-electron chi connectivity index (χ0n) is 16.7. The van der Waals surface area contributed by atoms with Gasteiger partial charge >= 0.3 is 0 Å². The van der Waals surface area contributed by atoms with Gasteiger partial charge in [-0.15, -0.1) is 0 Å². The summed E-state index contributed by atoms with van der Waals surface area (Å²) in [6.07, 6.45) is 5.82. The lowest BCUT2D eigenvalue weighted by Gasteiger charge is -2.29. The van der Waals surface area contributed by atoms with E-state index in [1.165, 1.54) is 42.6 Å². The van der Waals surface area contributed by atoms with Gasteiger partial charge in [0.25, 0.3) is 0 Å². The molecule has 0 spiro atoms. The van der Waals surface area contributed by atoms with E-state index in [-0.39, 0.29) is 11.7 Å². The molecule has 1 unspecified atom stereocenters. The van der Waals surface area contributed by atoms with Crippen molar-refractivity contribution in [2.24, 2.45) is 0 Å². The van der Waals surface area contributed by atoms with Crippen LogP contribution in [0.4, 0.5) is 0 Å². The Labute approximate surface area is 168 Å². The van der Waals surface area contributed by atoms with E-state index in [1.807, 2.05) is 6.07 Å². The van der Waals surface area contributed by atoms with Crippen molar-refractivity contribution in [1.29, 1.82) is 0 Å². The number of piperidine rings is 1. The maximum Gasteiger partial charge on any atom is 0.158 e. The fraction of sp³-hybridized carbons (Fsp3) is 0.400. The van der Waals surface area contributed by atoms with Crippen LogP contribution in [0.15, 0.2) is 66.4 Å². The molecular formula is C25H30N2O. The summed E-state index contributed by atoms with van der Waals surface area (Å²) >= 11 is 0. The van der Waals surface area contributed by atoms with Gasteiger partial charge in [-0.05, 0) is 67.9 Å². The van der Waals surface area contributed by atoms with Crippen LogP contribution in [0.5, 0.6) is 0 Å². The van der Waals surface area contributed by atoms with Crippen LogP contribution in [0.1, 0.15) is 54.2 Å². The summed E-state index contributed by atoms with van der Waals surface area (Å²) in [6.45, 7) is 3.16. The van der Waals surface area contributed by atoms with E-state index >= 15 is 0 Å². The third-order valence-corrected chi connectivity index (χ3v) is 6.21. The Morgan fingerprint density at radius 1 is 0.893 bits per heavy atom. The Morgan fingerprint density at radius 2 is 1.57 bits per heavy atom. The number of carbonyl (C=O) groups is 1. The van der Waals surface area contributed by atoms with Crippen molar-refractivity contribution in [2.45, 2.75) is 44.1 Å². The molecule has 0 bridgehead atoms. The van der Waals surface area contributed by atoms with Crippen molar-refractivity contribution in [1.82, 2.24) is 10.2 Å². The van der Waals surface area contributed by atoms with Gasteiger partial charge in [0.1, 0.15) is 0 Å². The van der Waals surface area contributed by atoms with Crippen LogP contribution in [-0.4, -0.2) is 30.8 Å². The normalized spacial score (nSPS) is 21.4. The van der Waals surface area contributed by atoms with Gasteiger partial charge in [0.15, 0.2) is 5.78 Å². The third kappa shape index (κ3) is 4.71.